The van der Waals surface area contributed by atoms with Gasteiger partial charge in [0, 0.05) is 0 Å². The summed E-state index contributed by atoms with van der Waals surface area (Å²) < 4.78 is 26.9. The van der Waals surface area contributed by atoms with Gasteiger partial charge in [-0.05, 0) is 78.5 Å². The van der Waals surface area contributed by atoms with Gasteiger partial charge in [-0.1, -0.05) is 48.0 Å². The first kappa shape index (κ1) is 16.3. The van der Waals surface area contributed by atoms with Crippen molar-refractivity contribution in [3.63, 3.8) is 0 Å². The van der Waals surface area contributed by atoms with Crippen LogP contribution in [0.15, 0.2) is 54.6 Å². The zero-order chi connectivity index (χ0) is 17.4. The lowest BCUT2D eigenvalue weighted by Crippen LogP contribution is -2.12. The Morgan fingerprint density at radius 2 is 1.16 bits per heavy atom. The lowest BCUT2D eigenvalue weighted by molar-refractivity contribution is 0.396. The van der Waals surface area contributed by atoms with Gasteiger partial charge >= 0.3 is 0 Å². The van der Waals surface area contributed by atoms with Crippen molar-refractivity contribution in [1.82, 2.24) is 0 Å². The highest BCUT2D eigenvalue weighted by atomic mass is 19.2. The summed E-state index contributed by atoms with van der Waals surface area (Å²) in [6, 6.07) is 17.5. The molecule has 0 spiro atoms. The van der Waals surface area contributed by atoms with E-state index in [9.17, 15) is 8.78 Å². The third kappa shape index (κ3) is 3.30. The maximum atomic E-state index is 13.5. The third-order valence-corrected chi connectivity index (χ3v) is 5.65. The van der Waals surface area contributed by atoms with Crippen molar-refractivity contribution in [2.45, 2.75) is 44.4 Å². The average Bonchev–Trinajstić information content (AvgIpc) is 2.63. The second-order valence-electron chi connectivity index (χ2n) is 7.33. The summed E-state index contributed by atoms with van der Waals surface area (Å²) in [5, 5.41) is 1.55. The number of hydrogen-bond donors (Lipinski definition) is 0. The molecule has 0 nitrogen and oxygen atoms in total. The molecule has 0 aromatic heterocycles. The van der Waals surface area contributed by atoms with Crippen molar-refractivity contribution in [3.8, 4) is 0 Å². The Balaban J connectivity index is 1.51. The number of rotatable bonds is 2. The summed E-state index contributed by atoms with van der Waals surface area (Å²) in [6.07, 6.45) is 4.66. The van der Waals surface area contributed by atoms with Crippen molar-refractivity contribution in [1.29, 1.82) is 0 Å². The molecule has 0 N–H and O–H groups in total. The maximum Gasteiger partial charge on any atom is 0.159 e. The lowest BCUT2D eigenvalue weighted by atomic mass is 9.76. The van der Waals surface area contributed by atoms with Gasteiger partial charge in [-0.25, -0.2) is 8.78 Å². The molecule has 128 valence electrons. The highest BCUT2D eigenvalue weighted by Crippen LogP contribution is 2.41. The molecule has 3 aromatic carbocycles. The number of benzene rings is 3. The van der Waals surface area contributed by atoms with Crippen LogP contribution in [0, 0.1) is 18.6 Å². The van der Waals surface area contributed by atoms with Gasteiger partial charge in [0.1, 0.15) is 0 Å². The zero-order valence-corrected chi connectivity index (χ0v) is 14.4. The van der Waals surface area contributed by atoms with Crippen LogP contribution < -0.4 is 0 Å². The SMILES string of the molecule is Cc1ccc(C2CCC(c3ccc4cc(F)c(F)cc4c3)CC2)cc1. The predicted molar refractivity (Wildman–Crippen MR) is 99.0 cm³/mol. The Hall–Kier alpha value is -2.22. The minimum absolute atomic E-state index is 0.513. The van der Waals surface area contributed by atoms with Gasteiger partial charge in [0.05, 0.1) is 0 Å². The maximum absolute atomic E-state index is 13.5. The van der Waals surface area contributed by atoms with Crippen molar-refractivity contribution in [2.24, 2.45) is 0 Å². The second kappa shape index (κ2) is 6.59. The fraction of sp³-hybridized carbons (Fsp3) is 0.304. The van der Waals surface area contributed by atoms with Gasteiger partial charge < -0.3 is 0 Å². The molecule has 0 saturated heterocycles. The lowest BCUT2D eigenvalue weighted by Gasteiger charge is -2.29. The van der Waals surface area contributed by atoms with E-state index in [0.717, 1.165) is 23.6 Å². The number of aryl methyl sites for hydroxylation is 1. The van der Waals surface area contributed by atoms with E-state index in [1.807, 2.05) is 12.1 Å². The van der Waals surface area contributed by atoms with Gasteiger partial charge in [-0.15, -0.1) is 0 Å². The fourth-order valence-corrected chi connectivity index (χ4v) is 4.11. The van der Waals surface area contributed by atoms with Crippen LogP contribution >= 0.6 is 0 Å². The average molecular weight is 336 g/mol. The summed E-state index contributed by atoms with van der Waals surface area (Å²) in [6.45, 7) is 2.12. The third-order valence-electron chi connectivity index (χ3n) is 5.65. The first-order valence-electron chi connectivity index (χ1n) is 9.05. The Morgan fingerprint density at radius 3 is 1.80 bits per heavy atom. The first-order valence-corrected chi connectivity index (χ1v) is 9.05. The molecular formula is C23H22F2. The van der Waals surface area contributed by atoms with Gasteiger partial charge in [0.25, 0.3) is 0 Å². The second-order valence-corrected chi connectivity index (χ2v) is 7.33. The minimum Gasteiger partial charge on any atom is -0.204 e. The quantitative estimate of drug-likeness (QED) is 0.479. The zero-order valence-electron chi connectivity index (χ0n) is 14.4. The van der Waals surface area contributed by atoms with Crippen LogP contribution in [0.2, 0.25) is 0 Å². The van der Waals surface area contributed by atoms with E-state index in [-0.39, 0.29) is 0 Å². The van der Waals surface area contributed by atoms with E-state index >= 15 is 0 Å². The molecular weight excluding hydrogens is 314 g/mol. The van der Waals surface area contributed by atoms with Gasteiger partial charge in [0.15, 0.2) is 11.6 Å². The standard InChI is InChI=1S/C23H22F2/c1-15-2-4-16(5-3-15)17-6-8-18(9-7-17)19-10-11-20-13-22(24)23(25)14-21(20)12-19/h2-5,10-14,17-18H,6-9H2,1H3. The van der Waals surface area contributed by atoms with E-state index in [1.54, 1.807) is 0 Å². The molecule has 0 bridgehead atoms. The normalized spacial score (nSPS) is 20.8. The molecule has 4 rings (SSSR count). The molecule has 0 amide bonds. The molecule has 3 aromatic rings. The van der Waals surface area contributed by atoms with Crippen LogP contribution in [0.1, 0.15) is 54.2 Å². The number of halogens is 2. The Labute approximate surface area is 147 Å². The molecule has 0 atom stereocenters. The van der Waals surface area contributed by atoms with Crippen molar-refractivity contribution < 1.29 is 8.78 Å². The van der Waals surface area contributed by atoms with Gasteiger partial charge in [-0.2, -0.15) is 0 Å². The molecule has 1 fully saturated rings. The Bertz CT molecular complexity index is 888. The van der Waals surface area contributed by atoms with Gasteiger partial charge in [-0.3, -0.25) is 0 Å². The van der Waals surface area contributed by atoms with Crippen LogP contribution in [0.25, 0.3) is 10.8 Å². The summed E-state index contributed by atoms with van der Waals surface area (Å²) in [5.41, 5.74) is 4.00. The number of fused-ring (bicyclic) bond motifs is 1. The molecule has 0 unspecified atom stereocenters. The molecule has 1 aliphatic carbocycles. The summed E-state index contributed by atoms with van der Waals surface area (Å²) in [7, 11) is 0. The largest absolute Gasteiger partial charge is 0.204 e. The molecule has 0 aliphatic heterocycles. The molecule has 2 heteroatoms. The molecule has 1 aliphatic rings. The topological polar surface area (TPSA) is 0 Å². The summed E-state index contributed by atoms with van der Waals surface area (Å²) >= 11 is 0. The molecule has 0 radical (unpaired) electrons. The van der Waals surface area contributed by atoms with Crippen LogP contribution in [-0.4, -0.2) is 0 Å². The van der Waals surface area contributed by atoms with Crippen molar-refractivity contribution in [2.75, 3.05) is 0 Å². The highest BCUT2D eigenvalue weighted by molar-refractivity contribution is 5.83. The van der Waals surface area contributed by atoms with E-state index in [0.29, 0.717) is 11.8 Å². The van der Waals surface area contributed by atoms with Crippen molar-refractivity contribution in [3.05, 3.63) is 82.9 Å². The minimum atomic E-state index is -0.779. The first-order chi connectivity index (χ1) is 12.1. The fourth-order valence-electron chi connectivity index (χ4n) is 4.11. The Kier molecular flexibility index (Phi) is 4.29. The van der Waals surface area contributed by atoms with E-state index in [4.69, 9.17) is 0 Å². The highest BCUT2D eigenvalue weighted by Gasteiger charge is 2.23. The van der Waals surface area contributed by atoms with Crippen LogP contribution in [-0.2, 0) is 0 Å². The van der Waals surface area contributed by atoms with Crippen LogP contribution in [0.3, 0.4) is 0 Å². The number of hydrogen-bond acceptors (Lipinski definition) is 0. The summed E-state index contributed by atoms with van der Waals surface area (Å²) in [4.78, 5) is 0. The predicted octanol–water partition coefficient (Wildman–Crippen LogP) is 6.87. The monoisotopic (exact) mass is 336 g/mol. The van der Waals surface area contributed by atoms with E-state index < -0.39 is 11.6 Å². The summed E-state index contributed by atoms with van der Waals surface area (Å²) in [5.74, 6) is -0.394. The van der Waals surface area contributed by atoms with E-state index in [1.165, 1.54) is 41.7 Å². The molecule has 0 heterocycles. The van der Waals surface area contributed by atoms with E-state index in [2.05, 4.69) is 37.3 Å². The van der Waals surface area contributed by atoms with Gasteiger partial charge in [0.2, 0.25) is 0 Å². The van der Waals surface area contributed by atoms with Crippen LogP contribution in [0.5, 0.6) is 0 Å². The van der Waals surface area contributed by atoms with Crippen molar-refractivity contribution >= 4 is 10.8 Å². The molecule has 1 saturated carbocycles. The molecule has 25 heavy (non-hydrogen) atoms. The Morgan fingerprint density at radius 1 is 0.640 bits per heavy atom. The van der Waals surface area contributed by atoms with Crippen LogP contribution in [0.4, 0.5) is 8.78 Å². The smallest absolute Gasteiger partial charge is 0.159 e.